The molecule has 18 heavy (non-hydrogen) atoms. The number of benzene rings is 1. The van der Waals surface area contributed by atoms with Crippen molar-refractivity contribution < 1.29 is 4.74 Å². The summed E-state index contributed by atoms with van der Waals surface area (Å²) in [4.78, 5) is 2.01. The summed E-state index contributed by atoms with van der Waals surface area (Å²) < 4.78 is 5.55. The third-order valence-electron chi connectivity index (χ3n) is 3.30. The number of anilines is 2. The normalized spacial score (nSPS) is 22.4. The first kappa shape index (κ1) is 13.5. The Labute approximate surface area is 114 Å². The number of nitrogens with zero attached hydrogens (tertiary/aromatic N) is 1. The molecule has 1 aromatic carbocycles. The summed E-state index contributed by atoms with van der Waals surface area (Å²) in [5, 5.41) is 4.27. The van der Waals surface area contributed by atoms with Crippen LogP contribution in [0.15, 0.2) is 18.2 Å². The largest absolute Gasteiger partial charge is 0.382 e. The molecule has 4 heteroatoms. The van der Waals surface area contributed by atoms with Crippen molar-refractivity contribution in [3.8, 4) is 0 Å². The van der Waals surface area contributed by atoms with Gasteiger partial charge in [0.15, 0.2) is 0 Å². The Bertz CT molecular complexity index is 403. The Morgan fingerprint density at radius 2 is 2.11 bits per heavy atom. The molecule has 0 atom stereocenters. The summed E-state index contributed by atoms with van der Waals surface area (Å²) in [7, 11) is 3.99. The molecule has 0 radical (unpaired) electrons. The van der Waals surface area contributed by atoms with Gasteiger partial charge >= 0.3 is 0 Å². The minimum atomic E-state index is 0.434. The molecule has 0 heterocycles. The van der Waals surface area contributed by atoms with E-state index in [1.807, 2.05) is 38.1 Å². The summed E-state index contributed by atoms with van der Waals surface area (Å²) in [5.74, 6) is 0. The van der Waals surface area contributed by atoms with Crippen molar-refractivity contribution in [2.75, 3.05) is 30.9 Å². The van der Waals surface area contributed by atoms with E-state index in [1.54, 1.807) is 0 Å². The highest BCUT2D eigenvalue weighted by atomic mass is 35.5. The van der Waals surface area contributed by atoms with Crippen molar-refractivity contribution in [1.82, 2.24) is 0 Å². The predicted octanol–water partition coefficient (Wildman–Crippen LogP) is 3.39. The molecule has 0 aromatic heterocycles. The molecule has 1 N–H and O–H groups in total. The third kappa shape index (κ3) is 3.09. The molecule has 0 unspecified atom stereocenters. The number of rotatable bonds is 5. The first-order chi connectivity index (χ1) is 8.60. The van der Waals surface area contributed by atoms with Crippen LogP contribution in [0.4, 0.5) is 11.4 Å². The number of ether oxygens (including phenoxy) is 1. The van der Waals surface area contributed by atoms with Crippen LogP contribution in [0, 0.1) is 0 Å². The second kappa shape index (κ2) is 5.81. The molecule has 1 saturated carbocycles. The molecule has 0 bridgehead atoms. The standard InChI is InChI=1S/C14H21ClN2O/c1-4-18-12-7-11(8-12)16-10-5-6-14(17(2)3)13(15)9-10/h5-6,9,11-12,16H,4,7-8H2,1-3H3. The number of halogens is 1. The zero-order valence-corrected chi connectivity index (χ0v) is 12.0. The maximum Gasteiger partial charge on any atom is 0.0659 e. The zero-order chi connectivity index (χ0) is 13.1. The van der Waals surface area contributed by atoms with Crippen LogP contribution >= 0.6 is 11.6 Å². The Morgan fingerprint density at radius 3 is 2.67 bits per heavy atom. The van der Waals surface area contributed by atoms with E-state index in [0.29, 0.717) is 12.1 Å². The summed E-state index contributed by atoms with van der Waals surface area (Å²) in [6, 6.07) is 6.63. The van der Waals surface area contributed by atoms with Gasteiger partial charge in [0, 0.05) is 32.4 Å². The van der Waals surface area contributed by atoms with Gasteiger partial charge in [0.1, 0.15) is 0 Å². The highest BCUT2D eigenvalue weighted by molar-refractivity contribution is 6.33. The lowest BCUT2D eigenvalue weighted by Gasteiger charge is -2.36. The van der Waals surface area contributed by atoms with Gasteiger partial charge in [0.05, 0.1) is 16.8 Å². The second-order valence-electron chi connectivity index (χ2n) is 4.95. The van der Waals surface area contributed by atoms with Crippen LogP contribution in [0.3, 0.4) is 0 Å². The first-order valence-corrected chi connectivity index (χ1v) is 6.83. The van der Waals surface area contributed by atoms with Gasteiger partial charge in [0.25, 0.3) is 0 Å². The van der Waals surface area contributed by atoms with E-state index in [0.717, 1.165) is 35.8 Å². The van der Waals surface area contributed by atoms with Crippen molar-refractivity contribution in [3.05, 3.63) is 23.2 Å². The van der Waals surface area contributed by atoms with Gasteiger partial charge < -0.3 is 15.0 Å². The molecular weight excluding hydrogens is 248 g/mol. The van der Waals surface area contributed by atoms with Crippen LogP contribution in [0.5, 0.6) is 0 Å². The van der Waals surface area contributed by atoms with Gasteiger partial charge in [-0.2, -0.15) is 0 Å². The van der Waals surface area contributed by atoms with Crippen molar-refractivity contribution in [2.45, 2.75) is 31.9 Å². The molecular formula is C14H21ClN2O. The minimum absolute atomic E-state index is 0.434. The smallest absolute Gasteiger partial charge is 0.0659 e. The van der Waals surface area contributed by atoms with Crippen LogP contribution in [0.1, 0.15) is 19.8 Å². The Morgan fingerprint density at radius 1 is 1.39 bits per heavy atom. The van der Waals surface area contributed by atoms with Crippen LogP contribution in [-0.2, 0) is 4.74 Å². The van der Waals surface area contributed by atoms with Crippen molar-refractivity contribution in [2.24, 2.45) is 0 Å². The highest BCUT2D eigenvalue weighted by Crippen LogP contribution is 2.31. The quantitative estimate of drug-likeness (QED) is 0.886. The van der Waals surface area contributed by atoms with E-state index in [9.17, 15) is 0 Å². The molecule has 1 aromatic rings. The number of nitrogens with one attached hydrogen (secondary N) is 1. The molecule has 1 aliphatic rings. The number of hydrogen-bond acceptors (Lipinski definition) is 3. The van der Waals surface area contributed by atoms with Gasteiger partial charge in [0.2, 0.25) is 0 Å². The Balaban J connectivity index is 1.90. The van der Waals surface area contributed by atoms with Crippen LogP contribution < -0.4 is 10.2 Å². The van der Waals surface area contributed by atoms with Crippen molar-refractivity contribution in [1.29, 1.82) is 0 Å². The molecule has 0 amide bonds. The highest BCUT2D eigenvalue weighted by Gasteiger charge is 2.29. The van der Waals surface area contributed by atoms with Crippen LogP contribution in [0.25, 0.3) is 0 Å². The van der Waals surface area contributed by atoms with Crippen molar-refractivity contribution >= 4 is 23.0 Å². The Hall–Kier alpha value is -0.930. The lowest BCUT2D eigenvalue weighted by atomic mass is 9.89. The molecule has 1 fully saturated rings. The lowest BCUT2D eigenvalue weighted by molar-refractivity contribution is 0.00299. The molecule has 100 valence electrons. The molecule has 0 spiro atoms. The molecule has 0 aliphatic heterocycles. The molecule has 3 nitrogen and oxygen atoms in total. The third-order valence-corrected chi connectivity index (χ3v) is 3.60. The maximum atomic E-state index is 6.24. The lowest BCUT2D eigenvalue weighted by Crippen LogP contribution is -2.40. The van der Waals surface area contributed by atoms with E-state index < -0.39 is 0 Å². The van der Waals surface area contributed by atoms with Crippen molar-refractivity contribution in [3.63, 3.8) is 0 Å². The topological polar surface area (TPSA) is 24.5 Å². The van der Waals surface area contributed by atoms with E-state index >= 15 is 0 Å². The minimum Gasteiger partial charge on any atom is -0.382 e. The maximum absolute atomic E-state index is 6.24. The zero-order valence-electron chi connectivity index (χ0n) is 11.2. The summed E-state index contributed by atoms with van der Waals surface area (Å²) in [6.07, 6.45) is 2.60. The molecule has 1 aliphatic carbocycles. The summed E-state index contributed by atoms with van der Waals surface area (Å²) in [5.41, 5.74) is 2.13. The van der Waals surface area contributed by atoms with Gasteiger partial charge in [-0.3, -0.25) is 0 Å². The van der Waals surface area contributed by atoms with E-state index in [-0.39, 0.29) is 0 Å². The summed E-state index contributed by atoms with van der Waals surface area (Å²) in [6.45, 7) is 2.85. The average molecular weight is 269 g/mol. The van der Waals surface area contributed by atoms with E-state index in [1.165, 1.54) is 0 Å². The van der Waals surface area contributed by atoms with E-state index in [4.69, 9.17) is 16.3 Å². The average Bonchev–Trinajstić information content (AvgIpc) is 2.26. The predicted molar refractivity (Wildman–Crippen MR) is 77.8 cm³/mol. The number of hydrogen-bond donors (Lipinski definition) is 1. The van der Waals surface area contributed by atoms with E-state index in [2.05, 4.69) is 11.4 Å². The van der Waals surface area contributed by atoms with Gasteiger partial charge in [-0.25, -0.2) is 0 Å². The monoisotopic (exact) mass is 268 g/mol. The second-order valence-corrected chi connectivity index (χ2v) is 5.36. The van der Waals surface area contributed by atoms with Crippen LogP contribution in [-0.4, -0.2) is 32.8 Å². The van der Waals surface area contributed by atoms with Gasteiger partial charge in [-0.15, -0.1) is 0 Å². The first-order valence-electron chi connectivity index (χ1n) is 6.45. The van der Waals surface area contributed by atoms with Gasteiger partial charge in [-0.1, -0.05) is 11.6 Å². The molecule has 0 saturated heterocycles. The fourth-order valence-electron chi connectivity index (χ4n) is 2.25. The fourth-order valence-corrected chi connectivity index (χ4v) is 2.60. The molecule has 2 rings (SSSR count). The fraction of sp³-hybridized carbons (Fsp3) is 0.571. The summed E-state index contributed by atoms with van der Waals surface area (Å²) >= 11 is 6.24. The Kier molecular flexibility index (Phi) is 4.36. The SMILES string of the molecule is CCOC1CC(Nc2ccc(N(C)C)c(Cl)c2)C1. The van der Waals surface area contributed by atoms with Crippen LogP contribution in [0.2, 0.25) is 5.02 Å². The van der Waals surface area contributed by atoms with Gasteiger partial charge in [-0.05, 0) is 38.0 Å².